The Morgan fingerprint density at radius 1 is 1.25 bits per heavy atom. The predicted octanol–water partition coefficient (Wildman–Crippen LogP) is -9.90. The summed E-state index contributed by atoms with van der Waals surface area (Å²) in [6.07, 6.45) is 0. The molecule has 38 valence electrons. The number of rotatable bonds is 0. The fourth-order valence-corrected chi connectivity index (χ4v) is 0. The van der Waals surface area contributed by atoms with Gasteiger partial charge in [0.25, 0.3) is 0 Å². The summed E-state index contributed by atoms with van der Waals surface area (Å²) in [5.74, 6) is 0. The molecule has 0 saturated carbocycles. The van der Waals surface area contributed by atoms with E-state index in [-0.39, 0.29) is 93.0 Å². The fraction of sp³-hybridized carbons (Fsp3) is 0. The maximum atomic E-state index is 8.97. The van der Waals surface area contributed by atoms with Crippen LogP contribution >= 0.6 is 0 Å². The largest absolute Gasteiger partial charge is 1.00 e. The van der Waals surface area contributed by atoms with Gasteiger partial charge in [-0.1, -0.05) is 0 Å². The van der Waals surface area contributed by atoms with Crippen LogP contribution in [-0.2, 0) is 10.3 Å². The quantitative estimate of drug-likeness (QED) is 0.279. The summed E-state index contributed by atoms with van der Waals surface area (Å²) < 4.78 is 25.2. The summed E-state index contributed by atoms with van der Waals surface area (Å²) in [5, 5.41) is 3.88. The summed E-state index contributed by atoms with van der Waals surface area (Å²) in [6, 6.07) is 0. The van der Waals surface area contributed by atoms with Crippen molar-refractivity contribution in [1.29, 1.82) is 0 Å². The minimum atomic E-state index is -4.17. The van der Waals surface area contributed by atoms with E-state index in [1.54, 1.807) is 0 Å². The normalized spacial score (nSPS) is 7.25. The Morgan fingerprint density at radius 3 is 1.25 bits per heavy atom. The molecule has 0 unspecified atom stereocenters. The molecule has 0 aromatic heterocycles. The number of hydrogen-bond donors (Lipinski definition) is 2. The number of nitrogens with two attached hydrogens (primary N) is 1. The summed E-state index contributed by atoms with van der Waals surface area (Å²) in [4.78, 5) is 0. The van der Waals surface area contributed by atoms with Gasteiger partial charge in [0, 0.05) is 0 Å². The molecule has 4 nitrogen and oxygen atoms in total. The first-order valence-electron chi connectivity index (χ1n) is 0.752. The van der Waals surface area contributed by atoms with Gasteiger partial charge in [-0.3, -0.25) is 4.55 Å². The second kappa shape index (κ2) is 9.87. The van der Waals surface area contributed by atoms with Gasteiger partial charge in [-0.05, 0) is 0 Å². The van der Waals surface area contributed by atoms with Crippen LogP contribution in [0.4, 0.5) is 0 Å². The van der Waals surface area contributed by atoms with E-state index in [1.807, 2.05) is 0 Å². The van der Waals surface area contributed by atoms with E-state index in [0.717, 1.165) is 0 Å². The number of hydrogen-bond acceptors (Lipinski definition) is 2. The molecule has 0 heterocycles. The van der Waals surface area contributed by atoms with Gasteiger partial charge in [0.1, 0.15) is 0 Å². The van der Waals surface area contributed by atoms with Crippen molar-refractivity contribution in [2.75, 3.05) is 0 Å². The van der Waals surface area contributed by atoms with Crippen LogP contribution in [0.5, 0.6) is 0 Å². The third kappa shape index (κ3) is 66.7. The first-order valence-corrected chi connectivity index (χ1v) is 2.25. The minimum Gasteiger partial charge on any atom is -1.00 e. The molecule has 8 heteroatoms. The topological polar surface area (TPSA) is 80.4 Å². The Bertz CT molecular complexity index is 107. The maximum Gasteiger partial charge on any atom is 1.00 e. The second-order valence-corrected chi connectivity index (χ2v) is 1.54. The molecule has 0 rings (SSSR count). The van der Waals surface area contributed by atoms with Crippen molar-refractivity contribution in [3.05, 3.63) is 0 Å². The fourth-order valence-electron chi connectivity index (χ4n) is 0. The molecule has 0 amide bonds. The van der Waals surface area contributed by atoms with E-state index in [2.05, 4.69) is 5.14 Å². The average Bonchev–Trinajstić information content (AvgIpc) is 0.722. The van der Waals surface area contributed by atoms with E-state index in [0.29, 0.717) is 0 Å². The van der Waals surface area contributed by atoms with E-state index < -0.39 is 10.3 Å². The van der Waals surface area contributed by atoms with Gasteiger partial charge in [-0.2, -0.15) is 8.42 Å². The molecule has 0 aromatic carbocycles. The van der Waals surface area contributed by atoms with Crippen LogP contribution in [0.3, 0.4) is 0 Å². The van der Waals surface area contributed by atoms with E-state index in [1.165, 1.54) is 0 Å². The van der Waals surface area contributed by atoms with Crippen molar-refractivity contribution in [2.24, 2.45) is 5.14 Å². The third-order valence-electron chi connectivity index (χ3n) is 0. The second-order valence-electron chi connectivity index (χ2n) is 0.515. The zero-order valence-electron chi connectivity index (χ0n) is 8.25. The molecule has 0 atom stereocenters. The molecular formula is H6NNa3O3S. The Labute approximate surface area is 119 Å². The Hall–Kier alpha value is 2.87. The average molecular weight is 169 g/mol. The van der Waals surface area contributed by atoms with Gasteiger partial charge < -0.3 is 4.28 Å². The standard InChI is InChI=1S/H3NO3S.3Na.3H/c1-5(2,3)4;;;;;;/h(H3,1,2,3,4);;;;;;/q;3*+1;3*-1. The SMILES string of the molecule is NS(=O)(=O)O.[H-].[H-].[H-].[Na+].[Na+].[Na+]. The van der Waals surface area contributed by atoms with Crippen LogP contribution in [-0.4, -0.2) is 13.0 Å². The molecule has 0 radical (unpaired) electrons. The van der Waals surface area contributed by atoms with Crippen LogP contribution in [0.25, 0.3) is 0 Å². The van der Waals surface area contributed by atoms with Crippen molar-refractivity contribution in [3.63, 3.8) is 0 Å². The Morgan fingerprint density at radius 2 is 1.25 bits per heavy atom. The van der Waals surface area contributed by atoms with Gasteiger partial charge >= 0.3 is 99.0 Å². The van der Waals surface area contributed by atoms with Gasteiger partial charge in [0.15, 0.2) is 0 Å². The summed E-state index contributed by atoms with van der Waals surface area (Å²) in [6.45, 7) is 0. The van der Waals surface area contributed by atoms with Crippen molar-refractivity contribution in [2.45, 2.75) is 0 Å². The molecule has 0 bridgehead atoms. The molecule has 0 fully saturated rings. The van der Waals surface area contributed by atoms with Crippen LogP contribution in [0.15, 0.2) is 0 Å². The van der Waals surface area contributed by atoms with E-state index >= 15 is 0 Å². The molecule has 8 heavy (non-hydrogen) atoms. The smallest absolute Gasteiger partial charge is 1.00 e. The van der Waals surface area contributed by atoms with E-state index in [4.69, 9.17) is 13.0 Å². The predicted molar refractivity (Wildman–Crippen MR) is 19.1 cm³/mol. The first kappa shape index (κ1) is 22.4. The van der Waals surface area contributed by atoms with Gasteiger partial charge in [0.05, 0.1) is 0 Å². The van der Waals surface area contributed by atoms with Gasteiger partial charge in [-0.15, -0.1) is 0 Å². The Kier molecular flexibility index (Phi) is 27.7. The van der Waals surface area contributed by atoms with Crippen molar-refractivity contribution in [1.82, 2.24) is 0 Å². The summed E-state index contributed by atoms with van der Waals surface area (Å²) in [5.41, 5.74) is 0. The maximum absolute atomic E-state index is 8.97. The summed E-state index contributed by atoms with van der Waals surface area (Å²) >= 11 is 0. The molecule has 0 aliphatic heterocycles. The van der Waals surface area contributed by atoms with E-state index in [9.17, 15) is 0 Å². The van der Waals surface area contributed by atoms with Gasteiger partial charge in [-0.25, -0.2) is 5.14 Å². The molecule has 0 aromatic rings. The van der Waals surface area contributed by atoms with Crippen LogP contribution in [0, 0.1) is 0 Å². The summed E-state index contributed by atoms with van der Waals surface area (Å²) in [7, 11) is -4.17. The van der Waals surface area contributed by atoms with Crippen LogP contribution in [0.2, 0.25) is 0 Å². The van der Waals surface area contributed by atoms with Gasteiger partial charge in [0.2, 0.25) is 0 Å². The minimum absolute atomic E-state index is 0. The molecule has 0 spiro atoms. The van der Waals surface area contributed by atoms with Crippen molar-refractivity contribution < 1.29 is 106 Å². The Balaban J connectivity index is -0.00000000533. The molecule has 0 aliphatic rings. The zero-order chi connectivity index (χ0) is 4.50. The van der Waals surface area contributed by atoms with Crippen molar-refractivity contribution in [3.8, 4) is 0 Å². The van der Waals surface area contributed by atoms with Crippen LogP contribution < -0.4 is 93.8 Å². The van der Waals surface area contributed by atoms with Crippen LogP contribution in [0.1, 0.15) is 4.28 Å². The molecule has 0 aliphatic carbocycles. The molecule has 3 N–H and O–H groups in total. The van der Waals surface area contributed by atoms with Crippen molar-refractivity contribution >= 4 is 10.3 Å². The zero-order valence-corrected chi connectivity index (χ0v) is 12.1. The molecule has 0 saturated heterocycles. The first-order chi connectivity index (χ1) is 2.00. The molecular weight excluding hydrogens is 163 g/mol. The third-order valence-corrected chi connectivity index (χ3v) is 0. The monoisotopic (exact) mass is 169 g/mol.